The van der Waals surface area contributed by atoms with E-state index in [-0.39, 0.29) is 29.9 Å². The summed E-state index contributed by atoms with van der Waals surface area (Å²) in [5, 5.41) is 7.24. The summed E-state index contributed by atoms with van der Waals surface area (Å²) in [4.78, 5) is 18.1. The van der Waals surface area contributed by atoms with Crippen molar-refractivity contribution in [2.75, 3.05) is 26.2 Å². The summed E-state index contributed by atoms with van der Waals surface area (Å²) in [6, 6.07) is 5.81. The molecule has 1 amide bonds. The highest BCUT2D eigenvalue weighted by molar-refractivity contribution is 14.0. The van der Waals surface area contributed by atoms with Crippen molar-refractivity contribution in [2.24, 2.45) is 4.99 Å². The fourth-order valence-corrected chi connectivity index (χ4v) is 3.31. The molecule has 0 atom stereocenters. The minimum Gasteiger partial charge on any atom is -0.357 e. The fraction of sp³-hybridized carbons (Fsp3) is 0.529. The molecule has 1 aromatic rings. The molecule has 0 unspecified atom stereocenters. The van der Waals surface area contributed by atoms with Crippen LogP contribution in [0.4, 0.5) is 0 Å². The van der Waals surface area contributed by atoms with Gasteiger partial charge in [0.25, 0.3) is 0 Å². The monoisotopic (exact) mass is 542 g/mol. The van der Waals surface area contributed by atoms with Crippen molar-refractivity contribution >= 4 is 63.4 Å². The summed E-state index contributed by atoms with van der Waals surface area (Å²) in [7, 11) is 0. The van der Waals surface area contributed by atoms with Crippen molar-refractivity contribution < 1.29 is 4.79 Å². The third kappa shape index (κ3) is 7.70. The molecule has 0 aliphatic carbocycles. The van der Waals surface area contributed by atoms with Gasteiger partial charge in [0.05, 0.1) is 6.54 Å². The predicted octanol–water partition coefficient (Wildman–Crippen LogP) is 3.79. The van der Waals surface area contributed by atoms with E-state index < -0.39 is 0 Å². The molecule has 8 heteroatoms. The predicted molar refractivity (Wildman–Crippen MR) is 118 cm³/mol. The maximum atomic E-state index is 11.6. The van der Waals surface area contributed by atoms with Crippen LogP contribution in [0.2, 0.25) is 5.02 Å². The minimum atomic E-state index is 0. The van der Waals surface area contributed by atoms with E-state index in [0.717, 1.165) is 55.0 Å². The second-order valence-corrected chi connectivity index (χ2v) is 7.02. The Balaban J connectivity index is 0.00000312. The van der Waals surface area contributed by atoms with Gasteiger partial charge in [-0.3, -0.25) is 4.79 Å². The van der Waals surface area contributed by atoms with Gasteiger partial charge in [-0.25, -0.2) is 4.99 Å². The molecular weight excluding hydrogens is 518 g/mol. The Labute approximate surface area is 180 Å². The van der Waals surface area contributed by atoms with Crippen LogP contribution in [0.25, 0.3) is 0 Å². The number of amides is 1. The van der Waals surface area contributed by atoms with Crippen molar-refractivity contribution in [3.05, 3.63) is 33.3 Å². The Morgan fingerprint density at radius 3 is 2.84 bits per heavy atom. The lowest BCUT2D eigenvalue weighted by Crippen LogP contribution is -2.39. The third-order valence-corrected chi connectivity index (χ3v) is 4.68. The number of carbonyl (C=O) groups is 1. The molecule has 1 heterocycles. The molecule has 0 spiro atoms. The second-order valence-electron chi connectivity index (χ2n) is 5.70. The summed E-state index contributed by atoms with van der Waals surface area (Å²) >= 11 is 9.63. The van der Waals surface area contributed by atoms with Gasteiger partial charge in [-0.15, -0.1) is 24.0 Å². The molecule has 0 saturated carbocycles. The van der Waals surface area contributed by atoms with E-state index >= 15 is 0 Å². The fourth-order valence-electron chi connectivity index (χ4n) is 2.57. The topological polar surface area (TPSA) is 56.7 Å². The molecule has 1 fully saturated rings. The van der Waals surface area contributed by atoms with Gasteiger partial charge >= 0.3 is 0 Å². The van der Waals surface area contributed by atoms with Crippen molar-refractivity contribution in [3.8, 4) is 0 Å². The molecule has 1 aliphatic rings. The minimum absolute atomic E-state index is 0. The van der Waals surface area contributed by atoms with Crippen LogP contribution < -0.4 is 10.6 Å². The molecule has 5 nitrogen and oxygen atoms in total. The molecular formula is C17H25BrClIN4O. The normalized spacial score (nSPS) is 14.4. The summed E-state index contributed by atoms with van der Waals surface area (Å²) < 4.78 is 0.960. The molecule has 2 N–H and O–H groups in total. The number of halogens is 3. The lowest BCUT2D eigenvalue weighted by atomic mass is 10.2. The highest BCUT2D eigenvalue weighted by atomic mass is 127. The van der Waals surface area contributed by atoms with Gasteiger partial charge in [-0.2, -0.15) is 0 Å². The third-order valence-electron chi connectivity index (χ3n) is 3.84. The molecule has 0 radical (unpaired) electrons. The smallest absolute Gasteiger partial charge is 0.222 e. The number of likely N-dealkylation sites (tertiary alicyclic amines) is 1. The number of rotatable bonds is 7. The maximum absolute atomic E-state index is 11.6. The van der Waals surface area contributed by atoms with E-state index in [1.54, 1.807) is 0 Å². The zero-order valence-corrected chi connectivity index (χ0v) is 19.0. The van der Waals surface area contributed by atoms with Crippen LogP contribution in [0, 0.1) is 0 Å². The first kappa shape index (κ1) is 22.5. The van der Waals surface area contributed by atoms with Crippen molar-refractivity contribution in [3.63, 3.8) is 0 Å². The van der Waals surface area contributed by atoms with E-state index in [1.165, 1.54) is 0 Å². The SMILES string of the molecule is CCNC(=NCc1ccc(Br)cc1Cl)NCCCN1CCCC1=O.I. The number of nitrogens with one attached hydrogen (secondary N) is 2. The first-order chi connectivity index (χ1) is 11.6. The van der Waals surface area contributed by atoms with Crippen LogP contribution in [0.3, 0.4) is 0 Å². The van der Waals surface area contributed by atoms with Gasteiger partial charge < -0.3 is 15.5 Å². The van der Waals surface area contributed by atoms with Gasteiger partial charge in [0.15, 0.2) is 5.96 Å². The Morgan fingerprint density at radius 1 is 1.40 bits per heavy atom. The molecule has 25 heavy (non-hydrogen) atoms. The Kier molecular flexibility index (Phi) is 10.8. The molecule has 1 saturated heterocycles. The van der Waals surface area contributed by atoms with Crippen molar-refractivity contribution in [1.82, 2.24) is 15.5 Å². The van der Waals surface area contributed by atoms with Crippen molar-refractivity contribution in [1.29, 1.82) is 0 Å². The first-order valence-corrected chi connectivity index (χ1v) is 9.51. The highest BCUT2D eigenvalue weighted by Crippen LogP contribution is 2.21. The van der Waals surface area contributed by atoms with Gasteiger partial charge in [0.2, 0.25) is 5.91 Å². The summed E-state index contributed by atoms with van der Waals surface area (Å²) in [5.41, 5.74) is 0.986. The van der Waals surface area contributed by atoms with Crippen LogP contribution >= 0.6 is 51.5 Å². The van der Waals surface area contributed by atoms with Crippen LogP contribution in [-0.4, -0.2) is 42.9 Å². The van der Waals surface area contributed by atoms with Gasteiger partial charge in [-0.1, -0.05) is 33.6 Å². The van der Waals surface area contributed by atoms with E-state index in [0.29, 0.717) is 18.0 Å². The number of hydrogen-bond acceptors (Lipinski definition) is 2. The van der Waals surface area contributed by atoms with Crippen LogP contribution in [0.15, 0.2) is 27.7 Å². The van der Waals surface area contributed by atoms with E-state index in [9.17, 15) is 4.79 Å². The Bertz CT molecular complexity index is 600. The van der Waals surface area contributed by atoms with E-state index in [2.05, 4.69) is 31.6 Å². The average Bonchev–Trinajstić information content (AvgIpc) is 2.95. The van der Waals surface area contributed by atoms with E-state index in [4.69, 9.17) is 11.6 Å². The average molecular weight is 544 g/mol. The lowest BCUT2D eigenvalue weighted by Gasteiger charge is -2.16. The van der Waals surface area contributed by atoms with E-state index in [1.807, 2.05) is 30.0 Å². The van der Waals surface area contributed by atoms with Crippen molar-refractivity contribution in [2.45, 2.75) is 32.7 Å². The zero-order chi connectivity index (χ0) is 17.4. The number of carbonyl (C=O) groups excluding carboxylic acids is 1. The van der Waals surface area contributed by atoms with Gasteiger partial charge in [-0.05, 0) is 37.5 Å². The van der Waals surface area contributed by atoms with Crippen LogP contribution in [0.1, 0.15) is 31.7 Å². The van der Waals surface area contributed by atoms with Crippen LogP contribution in [0.5, 0.6) is 0 Å². The number of hydrogen-bond donors (Lipinski definition) is 2. The standard InChI is InChI=1S/C17H24BrClN4O.HI/c1-2-20-17(21-8-4-10-23-9-3-5-16(23)24)22-12-13-6-7-14(18)11-15(13)19;/h6-7,11H,2-5,8-10,12H2,1H3,(H2,20,21,22);1H. The summed E-state index contributed by atoms with van der Waals surface area (Å²) in [5.74, 6) is 1.05. The zero-order valence-electron chi connectivity index (χ0n) is 14.4. The highest BCUT2D eigenvalue weighted by Gasteiger charge is 2.18. The number of guanidine groups is 1. The summed E-state index contributed by atoms with van der Waals surface area (Å²) in [6.45, 7) is 5.84. The molecule has 0 bridgehead atoms. The molecule has 2 rings (SSSR count). The summed E-state index contributed by atoms with van der Waals surface area (Å²) in [6.07, 6.45) is 2.60. The Morgan fingerprint density at radius 2 is 2.20 bits per heavy atom. The number of benzene rings is 1. The second kappa shape index (κ2) is 12.0. The Hall–Kier alpha value is -0.540. The quantitative estimate of drug-likeness (QED) is 0.238. The lowest BCUT2D eigenvalue weighted by molar-refractivity contribution is -0.127. The molecule has 1 aliphatic heterocycles. The molecule has 0 aromatic heterocycles. The molecule has 1 aromatic carbocycles. The van der Waals surface area contributed by atoms with Gasteiger partial charge in [0, 0.05) is 42.1 Å². The maximum Gasteiger partial charge on any atom is 0.222 e. The largest absolute Gasteiger partial charge is 0.357 e. The van der Waals surface area contributed by atoms with Crippen LogP contribution in [-0.2, 0) is 11.3 Å². The molecule has 140 valence electrons. The van der Waals surface area contributed by atoms with Gasteiger partial charge in [0.1, 0.15) is 0 Å². The number of aliphatic imine (C=N–C) groups is 1. The first-order valence-electron chi connectivity index (χ1n) is 8.34. The number of nitrogens with zero attached hydrogens (tertiary/aromatic N) is 2.